The Bertz CT molecular complexity index is 281. The molecule has 0 radical (unpaired) electrons. The van der Waals surface area contributed by atoms with Gasteiger partial charge in [0.15, 0.2) is 5.60 Å². The topological polar surface area (TPSA) is 52.3 Å². The number of nitrogens with two attached hydrogens (primary N) is 1. The number of carbonyl (C=O) groups excluding carboxylic acids is 1. The molecule has 2 saturated carbocycles. The predicted molar refractivity (Wildman–Crippen MR) is 47.7 cm³/mol. The Morgan fingerprint density at radius 2 is 2.38 bits per heavy atom. The number of amides is 1. The summed E-state index contributed by atoms with van der Waals surface area (Å²) in [5, 5.41) is 0. The van der Waals surface area contributed by atoms with Gasteiger partial charge in [0.05, 0.1) is 0 Å². The molecule has 0 spiro atoms. The summed E-state index contributed by atoms with van der Waals surface area (Å²) in [4.78, 5) is 10.7. The molecule has 2 bridgehead atoms. The highest BCUT2D eigenvalue weighted by Crippen LogP contribution is 2.52. The van der Waals surface area contributed by atoms with Crippen molar-refractivity contribution in [3.63, 3.8) is 0 Å². The zero-order valence-electron chi connectivity index (χ0n) is 7.45. The normalized spacial score (nSPS) is 41.5. The van der Waals surface area contributed by atoms with Gasteiger partial charge in [0.1, 0.15) is 0 Å². The van der Waals surface area contributed by atoms with Gasteiger partial charge in [-0.1, -0.05) is 5.92 Å². The predicted octanol–water partition coefficient (Wildman–Crippen LogP) is 1.27. The van der Waals surface area contributed by atoms with Gasteiger partial charge in [0.2, 0.25) is 0 Å². The average Bonchev–Trinajstić information content (AvgIpc) is 2.62. The minimum atomic E-state index is -0.745. The number of hydrogen-bond donors (Lipinski definition) is 1. The molecule has 3 nitrogen and oxygen atoms in total. The Morgan fingerprint density at radius 3 is 2.77 bits per heavy atom. The lowest BCUT2D eigenvalue weighted by Crippen LogP contribution is -2.40. The van der Waals surface area contributed by atoms with E-state index >= 15 is 0 Å². The fourth-order valence-electron chi connectivity index (χ4n) is 2.79. The summed E-state index contributed by atoms with van der Waals surface area (Å²) in [7, 11) is 0. The maximum Gasteiger partial charge on any atom is 0.406 e. The second kappa shape index (κ2) is 2.66. The van der Waals surface area contributed by atoms with Gasteiger partial charge in [-0.05, 0) is 25.2 Å². The first-order valence-corrected chi connectivity index (χ1v) is 4.62. The molecule has 3 atom stereocenters. The molecule has 0 aromatic heterocycles. The Kier molecular flexibility index (Phi) is 1.73. The van der Waals surface area contributed by atoms with Gasteiger partial charge in [-0.15, -0.1) is 6.42 Å². The van der Waals surface area contributed by atoms with Crippen LogP contribution in [0, 0.1) is 24.2 Å². The van der Waals surface area contributed by atoms with Crippen LogP contribution in [0.4, 0.5) is 4.79 Å². The van der Waals surface area contributed by atoms with E-state index in [-0.39, 0.29) is 0 Å². The summed E-state index contributed by atoms with van der Waals surface area (Å²) < 4.78 is 5.08. The molecule has 2 aliphatic rings. The van der Waals surface area contributed by atoms with Crippen LogP contribution in [0.1, 0.15) is 25.7 Å². The molecule has 2 fully saturated rings. The maximum atomic E-state index is 10.7. The SMILES string of the molecule is C#C[C@@]1(OC(N)=O)C[C@@H]2CC[C@H]1C2. The Morgan fingerprint density at radius 1 is 1.62 bits per heavy atom. The highest BCUT2D eigenvalue weighted by Gasteiger charge is 2.52. The third kappa shape index (κ3) is 1.17. The van der Waals surface area contributed by atoms with E-state index in [1.54, 1.807) is 0 Å². The van der Waals surface area contributed by atoms with Crippen LogP contribution in [0.2, 0.25) is 0 Å². The molecule has 0 heterocycles. The molecule has 0 unspecified atom stereocenters. The first-order chi connectivity index (χ1) is 6.16. The molecular formula is C10H13NO2. The van der Waals surface area contributed by atoms with E-state index in [2.05, 4.69) is 5.92 Å². The van der Waals surface area contributed by atoms with Crippen LogP contribution in [0.15, 0.2) is 0 Å². The fraction of sp³-hybridized carbons (Fsp3) is 0.700. The highest BCUT2D eigenvalue weighted by atomic mass is 16.6. The van der Waals surface area contributed by atoms with Crippen molar-refractivity contribution < 1.29 is 9.53 Å². The lowest BCUT2D eigenvalue weighted by molar-refractivity contribution is 0.0203. The van der Waals surface area contributed by atoms with Crippen molar-refractivity contribution in [3.05, 3.63) is 0 Å². The molecule has 2 aliphatic carbocycles. The minimum Gasteiger partial charge on any atom is -0.430 e. The van der Waals surface area contributed by atoms with Crippen LogP contribution in [0.25, 0.3) is 0 Å². The molecule has 1 amide bonds. The largest absolute Gasteiger partial charge is 0.430 e. The first-order valence-electron chi connectivity index (χ1n) is 4.62. The second-order valence-corrected chi connectivity index (χ2v) is 4.04. The van der Waals surface area contributed by atoms with E-state index in [9.17, 15) is 4.79 Å². The summed E-state index contributed by atoms with van der Waals surface area (Å²) in [6, 6.07) is 0. The minimum absolute atomic E-state index is 0.343. The van der Waals surface area contributed by atoms with Gasteiger partial charge >= 0.3 is 6.09 Å². The van der Waals surface area contributed by atoms with Crippen LogP contribution in [-0.2, 0) is 4.74 Å². The summed E-state index contributed by atoms with van der Waals surface area (Å²) in [5.41, 5.74) is 4.34. The van der Waals surface area contributed by atoms with Crippen LogP contribution >= 0.6 is 0 Å². The number of terminal acetylenes is 1. The average molecular weight is 179 g/mol. The lowest BCUT2D eigenvalue weighted by atomic mass is 9.85. The fourth-order valence-corrected chi connectivity index (χ4v) is 2.79. The van der Waals surface area contributed by atoms with E-state index in [1.807, 2.05) is 0 Å². The van der Waals surface area contributed by atoms with Gasteiger partial charge in [0, 0.05) is 12.3 Å². The number of carbonyl (C=O) groups is 1. The number of rotatable bonds is 1. The van der Waals surface area contributed by atoms with Crippen molar-refractivity contribution in [1.82, 2.24) is 0 Å². The summed E-state index contributed by atoms with van der Waals surface area (Å²) in [5.74, 6) is 3.60. The van der Waals surface area contributed by atoms with Gasteiger partial charge < -0.3 is 10.5 Å². The number of ether oxygens (including phenoxy) is 1. The first kappa shape index (κ1) is 8.43. The quantitative estimate of drug-likeness (QED) is 0.616. The number of hydrogen-bond acceptors (Lipinski definition) is 2. The van der Waals surface area contributed by atoms with E-state index in [0.29, 0.717) is 11.8 Å². The van der Waals surface area contributed by atoms with Gasteiger partial charge in [-0.2, -0.15) is 0 Å². The molecule has 2 rings (SSSR count). The van der Waals surface area contributed by atoms with Gasteiger partial charge in [0.25, 0.3) is 0 Å². The van der Waals surface area contributed by atoms with Crippen molar-refractivity contribution >= 4 is 6.09 Å². The summed E-state index contributed by atoms with van der Waals surface area (Å²) in [6.45, 7) is 0. The third-order valence-corrected chi connectivity index (χ3v) is 3.32. The Hall–Kier alpha value is -1.17. The standard InChI is InChI=1S/C10H13NO2/c1-2-10(13-9(11)12)6-7-3-4-8(10)5-7/h1,7-8H,3-6H2,(H2,11,12)/t7-,8+,10-/m1/s1. The zero-order valence-corrected chi connectivity index (χ0v) is 7.45. The Labute approximate surface area is 77.6 Å². The van der Waals surface area contributed by atoms with Crippen LogP contribution in [0.3, 0.4) is 0 Å². The van der Waals surface area contributed by atoms with E-state index in [4.69, 9.17) is 16.9 Å². The van der Waals surface area contributed by atoms with E-state index in [0.717, 1.165) is 19.3 Å². The van der Waals surface area contributed by atoms with Crippen LogP contribution in [-0.4, -0.2) is 11.7 Å². The van der Waals surface area contributed by atoms with Crippen LogP contribution < -0.4 is 5.73 Å². The summed E-state index contributed by atoms with van der Waals surface area (Å²) in [6.07, 6.45) is 8.86. The zero-order chi connectivity index (χ0) is 9.47. The van der Waals surface area contributed by atoms with Crippen molar-refractivity contribution in [1.29, 1.82) is 0 Å². The molecule has 0 aromatic rings. The Balaban J connectivity index is 2.18. The van der Waals surface area contributed by atoms with E-state index < -0.39 is 11.7 Å². The second-order valence-electron chi connectivity index (χ2n) is 4.04. The van der Waals surface area contributed by atoms with Crippen molar-refractivity contribution in [2.75, 3.05) is 0 Å². The van der Waals surface area contributed by atoms with Crippen molar-refractivity contribution in [3.8, 4) is 12.3 Å². The number of primary amides is 1. The van der Waals surface area contributed by atoms with Crippen LogP contribution in [0.5, 0.6) is 0 Å². The maximum absolute atomic E-state index is 10.7. The monoisotopic (exact) mass is 179 g/mol. The lowest BCUT2D eigenvalue weighted by Gasteiger charge is -2.31. The summed E-state index contributed by atoms with van der Waals surface area (Å²) >= 11 is 0. The van der Waals surface area contributed by atoms with E-state index in [1.165, 1.54) is 6.42 Å². The van der Waals surface area contributed by atoms with Crippen molar-refractivity contribution in [2.45, 2.75) is 31.3 Å². The molecule has 0 aromatic carbocycles. The molecule has 0 saturated heterocycles. The smallest absolute Gasteiger partial charge is 0.406 e. The van der Waals surface area contributed by atoms with Gasteiger partial charge in [-0.25, -0.2) is 4.79 Å². The van der Waals surface area contributed by atoms with Gasteiger partial charge in [-0.3, -0.25) is 0 Å². The molecule has 3 heteroatoms. The number of fused-ring (bicyclic) bond motifs is 2. The molecule has 2 N–H and O–H groups in total. The third-order valence-electron chi connectivity index (χ3n) is 3.32. The van der Waals surface area contributed by atoms with Crippen molar-refractivity contribution in [2.24, 2.45) is 17.6 Å². The highest BCUT2D eigenvalue weighted by molar-refractivity contribution is 5.66. The molecule has 70 valence electrons. The molecule has 13 heavy (non-hydrogen) atoms. The molecular weight excluding hydrogens is 166 g/mol. The molecule has 0 aliphatic heterocycles.